The number of benzene rings is 1. The van der Waals surface area contributed by atoms with Gasteiger partial charge in [-0.15, -0.1) is 0 Å². The number of hydrogen-bond donors (Lipinski definition) is 2. The van der Waals surface area contributed by atoms with E-state index < -0.39 is 0 Å². The van der Waals surface area contributed by atoms with Gasteiger partial charge in [-0.3, -0.25) is 4.79 Å². The van der Waals surface area contributed by atoms with Crippen molar-refractivity contribution in [3.63, 3.8) is 0 Å². The van der Waals surface area contributed by atoms with Crippen LogP contribution in [-0.2, 0) is 16.1 Å². The average molecular weight is 343 g/mol. The second-order valence-corrected chi connectivity index (χ2v) is 5.54. The van der Waals surface area contributed by atoms with Crippen LogP contribution in [0.3, 0.4) is 0 Å². The number of carbonyl (C=O) groups is 1. The van der Waals surface area contributed by atoms with Crippen LogP contribution < -0.4 is 15.4 Å². The quantitative estimate of drug-likeness (QED) is 0.869. The summed E-state index contributed by atoms with van der Waals surface area (Å²) in [4.78, 5) is 12.1. The van der Waals surface area contributed by atoms with Crippen LogP contribution in [0.2, 0.25) is 0 Å². The zero-order chi connectivity index (χ0) is 14.5. The van der Waals surface area contributed by atoms with Crippen LogP contribution in [-0.4, -0.2) is 38.3 Å². The Hall–Kier alpha value is -1.11. The van der Waals surface area contributed by atoms with Gasteiger partial charge in [0.1, 0.15) is 11.8 Å². The standard InChI is InChI=1S/C14H19BrN2O3/c1-9-13(16-5-6-20-9)14(18)17-8-10-7-11(19-2)3-4-12(10)15/h3-4,7,9,13,16H,5-6,8H2,1-2H3,(H,17,18)/t9-,13+/m1/s1. The number of rotatable bonds is 4. The Morgan fingerprint density at radius 1 is 1.60 bits per heavy atom. The first-order valence-corrected chi connectivity index (χ1v) is 7.36. The van der Waals surface area contributed by atoms with Crippen LogP contribution in [0.25, 0.3) is 0 Å². The van der Waals surface area contributed by atoms with Crippen molar-refractivity contribution in [1.82, 2.24) is 10.6 Å². The van der Waals surface area contributed by atoms with Gasteiger partial charge in [-0.2, -0.15) is 0 Å². The lowest BCUT2D eigenvalue weighted by molar-refractivity contribution is -0.129. The molecule has 6 heteroatoms. The Kier molecular flexibility index (Phi) is 5.39. The summed E-state index contributed by atoms with van der Waals surface area (Å²) in [5, 5.41) is 6.09. The van der Waals surface area contributed by atoms with E-state index in [0.29, 0.717) is 19.7 Å². The van der Waals surface area contributed by atoms with Crippen molar-refractivity contribution in [2.45, 2.75) is 25.6 Å². The Labute approximate surface area is 127 Å². The van der Waals surface area contributed by atoms with Crippen molar-refractivity contribution in [2.24, 2.45) is 0 Å². The second kappa shape index (κ2) is 7.06. The maximum atomic E-state index is 12.1. The largest absolute Gasteiger partial charge is 0.497 e. The van der Waals surface area contributed by atoms with Gasteiger partial charge in [-0.05, 0) is 30.7 Å². The molecule has 1 aromatic carbocycles. The molecular formula is C14H19BrN2O3. The van der Waals surface area contributed by atoms with Gasteiger partial charge in [0.2, 0.25) is 5.91 Å². The van der Waals surface area contributed by atoms with Crippen molar-refractivity contribution >= 4 is 21.8 Å². The van der Waals surface area contributed by atoms with Gasteiger partial charge >= 0.3 is 0 Å². The predicted octanol–water partition coefficient (Wildman–Crippen LogP) is 1.45. The number of ether oxygens (including phenoxy) is 2. The van der Waals surface area contributed by atoms with Crippen LogP contribution in [0, 0.1) is 0 Å². The lowest BCUT2D eigenvalue weighted by Crippen LogP contribution is -2.55. The molecule has 0 unspecified atom stereocenters. The fourth-order valence-corrected chi connectivity index (χ4v) is 2.52. The minimum Gasteiger partial charge on any atom is -0.497 e. The van der Waals surface area contributed by atoms with Gasteiger partial charge in [0.15, 0.2) is 0 Å². The highest BCUT2D eigenvalue weighted by atomic mass is 79.9. The minimum atomic E-state index is -0.298. The SMILES string of the molecule is COc1ccc(Br)c(CNC(=O)[C@H]2NCCO[C@@H]2C)c1. The van der Waals surface area contributed by atoms with Crippen molar-refractivity contribution in [3.8, 4) is 5.75 Å². The monoisotopic (exact) mass is 342 g/mol. The Morgan fingerprint density at radius 2 is 2.40 bits per heavy atom. The van der Waals surface area contributed by atoms with Crippen molar-refractivity contribution in [2.75, 3.05) is 20.3 Å². The summed E-state index contributed by atoms with van der Waals surface area (Å²) in [6.07, 6.45) is -0.113. The van der Waals surface area contributed by atoms with Crippen LogP contribution in [0.5, 0.6) is 5.75 Å². The maximum Gasteiger partial charge on any atom is 0.240 e. The summed E-state index contributed by atoms with van der Waals surface area (Å²) in [5.74, 6) is 0.719. The molecule has 2 N–H and O–H groups in total. The summed E-state index contributed by atoms with van der Waals surface area (Å²) in [5.41, 5.74) is 0.974. The molecular weight excluding hydrogens is 324 g/mol. The maximum absolute atomic E-state index is 12.1. The van der Waals surface area contributed by atoms with Gasteiger partial charge < -0.3 is 20.1 Å². The van der Waals surface area contributed by atoms with Gasteiger partial charge in [0.25, 0.3) is 0 Å². The van der Waals surface area contributed by atoms with E-state index in [4.69, 9.17) is 9.47 Å². The van der Waals surface area contributed by atoms with Crippen molar-refractivity contribution in [3.05, 3.63) is 28.2 Å². The summed E-state index contributed by atoms with van der Waals surface area (Å²) >= 11 is 3.47. The molecule has 1 heterocycles. The minimum absolute atomic E-state index is 0.0491. The Bertz CT molecular complexity index is 481. The number of methoxy groups -OCH3 is 1. The molecule has 1 aromatic rings. The van der Waals surface area contributed by atoms with Crippen LogP contribution in [0.15, 0.2) is 22.7 Å². The molecule has 0 radical (unpaired) electrons. The molecule has 0 aromatic heterocycles. The van der Waals surface area contributed by atoms with E-state index in [1.807, 2.05) is 25.1 Å². The van der Waals surface area contributed by atoms with Crippen molar-refractivity contribution < 1.29 is 14.3 Å². The third kappa shape index (κ3) is 3.71. The second-order valence-electron chi connectivity index (χ2n) is 4.68. The molecule has 0 bridgehead atoms. The first-order chi connectivity index (χ1) is 9.61. The molecule has 5 nitrogen and oxygen atoms in total. The molecule has 2 atom stereocenters. The van der Waals surface area contributed by atoms with E-state index in [1.165, 1.54) is 0 Å². The highest BCUT2D eigenvalue weighted by Gasteiger charge is 2.27. The van der Waals surface area contributed by atoms with Crippen molar-refractivity contribution in [1.29, 1.82) is 0 Å². The van der Waals surface area contributed by atoms with E-state index >= 15 is 0 Å². The molecule has 0 saturated carbocycles. The van der Waals surface area contributed by atoms with Crippen LogP contribution in [0.1, 0.15) is 12.5 Å². The number of hydrogen-bond acceptors (Lipinski definition) is 4. The molecule has 1 saturated heterocycles. The van der Waals surface area contributed by atoms with Crippen LogP contribution >= 0.6 is 15.9 Å². The topological polar surface area (TPSA) is 59.6 Å². The average Bonchev–Trinajstić information content (AvgIpc) is 2.46. The first-order valence-electron chi connectivity index (χ1n) is 6.57. The number of nitrogens with one attached hydrogen (secondary N) is 2. The molecule has 20 heavy (non-hydrogen) atoms. The molecule has 0 spiro atoms. The number of amides is 1. The fraction of sp³-hybridized carbons (Fsp3) is 0.500. The smallest absolute Gasteiger partial charge is 0.240 e. The number of morpholine rings is 1. The molecule has 1 amide bonds. The van der Waals surface area contributed by atoms with Crippen LogP contribution in [0.4, 0.5) is 0 Å². The lowest BCUT2D eigenvalue weighted by atomic mass is 10.1. The number of halogens is 1. The van der Waals surface area contributed by atoms with E-state index in [1.54, 1.807) is 7.11 Å². The van der Waals surface area contributed by atoms with E-state index in [0.717, 1.165) is 15.8 Å². The van der Waals surface area contributed by atoms with Gasteiger partial charge in [-0.1, -0.05) is 15.9 Å². The Balaban J connectivity index is 1.96. The fourth-order valence-electron chi connectivity index (χ4n) is 2.13. The molecule has 0 aliphatic carbocycles. The molecule has 1 fully saturated rings. The zero-order valence-electron chi connectivity index (χ0n) is 11.6. The summed E-state index contributed by atoms with van der Waals surface area (Å²) in [6, 6.07) is 5.38. The van der Waals surface area contributed by atoms with Gasteiger partial charge in [0, 0.05) is 17.6 Å². The normalized spacial score (nSPS) is 22.4. The summed E-state index contributed by atoms with van der Waals surface area (Å²) < 4.78 is 11.6. The predicted molar refractivity (Wildman–Crippen MR) is 79.7 cm³/mol. The van der Waals surface area contributed by atoms with E-state index in [-0.39, 0.29) is 18.1 Å². The van der Waals surface area contributed by atoms with Gasteiger partial charge in [-0.25, -0.2) is 0 Å². The Morgan fingerprint density at radius 3 is 3.10 bits per heavy atom. The lowest BCUT2D eigenvalue weighted by Gasteiger charge is -2.29. The zero-order valence-corrected chi connectivity index (χ0v) is 13.2. The van der Waals surface area contributed by atoms with E-state index in [9.17, 15) is 4.79 Å². The molecule has 110 valence electrons. The highest BCUT2D eigenvalue weighted by Crippen LogP contribution is 2.22. The molecule has 2 rings (SSSR count). The third-order valence-electron chi connectivity index (χ3n) is 3.30. The summed E-state index contributed by atoms with van der Waals surface area (Å²) in [7, 11) is 1.62. The van der Waals surface area contributed by atoms with Gasteiger partial charge in [0.05, 0.1) is 19.8 Å². The molecule has 1 aliphatic heterocycles. The van der Waals surface area contributed by atoms with E-state index in [2.05, 4.69) is 26.6 Å². The third-order valence-corrected chi connectivity index (χ3v) is 4.08. The highest BCUT2D eigenvalue weighted by molar-refractivity contribution is 9.10. The summed E-state index contributed by atoms with van der Waals surface area (Å²) in [6.45, 7) is 3.69. The number of carbonyl (C=O) groups excluding carboxylic acids is 1. The first kappa shape index (κ1) is 15.3. The molecule has 1 aliphatic rings.